The van der Waals surface area contributed by atoms with Crippen LogP contribution in [-0.2, 0) is 4.79 Å². The Kier molecular flexibility index (Phi) is 6.99. The van der Waals surface area contributed by atoms with E-state index in [4.69, 9.17) is 5.73 Å². The van der Waals surface area contributed by atoms with Crippen LogP contribution in [0.4, 0.5) is 10.8 Å². The number of carbonyl (C=O) groups excluding carboxylic acids is 2. The van der Waals surface area contributed by atoms with Gasteiger partial charge in [0.05, 0.1) is 17.1 Å². The van der Waals surface area contributed by atoms with E-state index in [0.29, 0.717) is 22.1 Å². The molecule has 0 bridgehead atoms. The molecule has 0 saturated heterocycles. The third-order valence-corrected chi connectivity index (χ3v) is 4.91. The summed E-state index contributed by atoms with van der Waals surface area (Å²) < 4.78 is 0. The molecule has 9 heteroatoms. The number of aliphatic imine (C=N–C) groups is 1. The zero-order valence-corrected chi connectivity index (χ0v) is 18.4. The number of nitrogens with two attached hydrogens (primary N) is 1. The monoisotopic (exact) mass is 436 g/mol. The quantitative estimate of drug-likeness (QED) is 0.603. The maximum atomic E-state index is 12.9. The average Bonchev–Trinajstić information content (AvgIpc) is 3.21. The van der Waals surface area contributed by atoms with Crippen molar-refractivity contribution >= 4 is 45.4 Å². The van der Waals surface area contributed by atoms with E-state index in [0.717, 1.165) is 17.9 Å². The number of hydrogen-bond acceptors (Lipinski definition) is 7. The molecule has 1 aromatic heterocycles. The van der Waals surface area contributed by atoms with E-state index in [1.807, 2.05) is 23.6 Å². The minimum Gasteiger partial charge on any atom is -0.402 e. The Labute approximate surface area is 184 Å². The molecule has 0 unspecified atom stereocenters. The van der Waals surface area contributed by atoms with Crippen LogP contribution in [0.1, 0.15) is 23.0 Å². The molecule has 2 amide bonds. The normalized spacial score (nSPS) is 14.0. The van der Waals surface area contributed by atoms with Crippen LogP contribution in [0.3, 0.4) is 0 Å². The second kappa shape index (κ2) is 9.86. The average molecular weight is 437 g/mol. The number of anilines is 1. The van der Waals surface area contributed by atoms with Crippen molar-refractivity contribution < 1.29 is 9.59 Å². The van der Waals surface area contributed by atoms with Gasteiger partial charge in [-0.2, -0.15) is 0 Å². The predicted molar refractivity (Wildman–Crippen MR) is 125 cm³/mol. The van der Waals surface area contributed by atoms with E-state index in [2.05, 4.69) is 20.6 Å². The van der Waals surface area contributed by atoms with Gasteiger partial charge in [-0.3, -0.25) is 14.9 Å². The fourth-order valence-corrected chi connectivity index (χ4v) is 3.43. The molecule has 2 aromatic rings. The van der Waals surface area contributed by atoms with Gasteiger partial charge in [-0.1, -0.05) is 18.2 Å². The highest BCUT2D eigenvalue weighted by molar-refractivity contribution is 7.14. The van der Waals surface area contributed by atoms with Gasteiger partial charge in [0, 0.05) is 37.3 Å². The summed E-state index contributed by atoms with van der Waals surface area (Å²) in [5.74, 6) is -0.593. The summed E-state index contributed by atoms with van der Waals surface area (Å²) >= 11 is 1.32. The van der Waals surface area contributed by atoms with E-state index in [1.54, 1.807) is 45.3 Å². The molecular formula is C22H24N6O2S. The van der Waals surface area contributed by atoms with E-state index in [9.17, 15) is 9.59 Å². The molecule has 31 heavy (non-hydrogen) atoms. The standard InChI is InChI=1S/C22H24N6O2S/c1-14(23)11-18(25-16-8-6-7-15(12-16)21(30)28(2)3)20(29)27-22-26-19(13-31-22)17-9-4-5-10-24-17/h4-9,11-13,24H,10,23H2,1-3H3,(H,26,27,29)/b14-11-,25-18?. The van der Waals surface area contributed by atoms with E-state index >= 15 is 0 Å². The molecule has 0 saturated carbocycles. The lowest BCUT2D eigenvalue weighted by atomic mass is 10.2. The largest absolute Gasteiger partial charge is 0.402 e. The van der Waals surface area contributed by atoms with Crippen molar-refractivity contribution in [3.63, 3.8) is 0 Å². The summed E-state index contributed by atoms with van der Waals surface area (Å²) in [7, 11) is 3.35. The van der Waals surface area contributed by atoms with Crippen LogP contribution in [-0.4, -0.2) is 48.1 Å². The molecule has 8 nitrogen and oxygen atoms in total. The van der Waals surface area contributed by atoms with Gasteiger partial charge in [-0.15, -0.1) is 11.3 Å². The van der Waals surface area contributed by atoms with Gasteiger partial charge >= 0.3 is 0 Å². The summed E-state index contributed by atoms with van der Waals surface area (Å²) in [6.45, 7) is 2.41. The topological polar surface area (TPSA) is 113 Å². The zero-order valence-electron chi connectivity index (χ0n) is 17.5. The molecule has 4 N–H and O–H groups in total. The van der Waals surface area contributed by atoms with Gasteiger partial charge in [0.15, 0.2) is 5.13 Å². The number of aromatic nitrogens is 1. The van der Waals surface area contributed by atoms with Crippen LogP contribution >= 0.6 is 11.3 Å². The third kappa shape index (κ3) is 5.89. The smallest absolute Gasteiger partial charge is 0.276 e. The first kappa shape index (κ1) is 22.0. The number of dihydropyridines is 1. The van der Waals surface area contributed by atoms with Crippen LogP contribution in [0.25, 0.3) is 5.70 Å². The number of carbonyl (C=O) groups is 2. The Balaban J connectivity index is 1.84. The minimum absolute atomic E-state index is 0.115. The van der Waals surface area contributed by atoms with Crippen molar-refractivity contribution in [3.8, 4) is 0 Å². The van der Waals surface area contributed by atoms with Crippen molar-refractivity contribution in [3.05, 3.63) is 70.9 Å². The minimum atomic E-state index is -0.444. The van der Waals surface area contributed by atoms with Gasteiger partial charge in [-0.05, 0) is 37.3 Å². The first-order valence-corrected chi connectivity index (χ1v) is 10.4. The highest BCUT2D eigenvalue weighted by atomic mass is 32.1. The molecule has 0 atom stereocenters. The van der Waals surface area contributed by atoms with E-state index in [1.165, 1.54) is 22.3 Å². The summed E-state index contributed by atoms with van der Waals surface area (Å²) in [6.07, 6.45) is 7.38. The number of thiazole rings is 1. The lowest BCUT2D eigenvalue weighted by Gasteiger charge is -2.10. The molecule has 3 rings (SSSR count). The summed E-state index contributed by atoms with van der Waals surface area (Å²) in [4.78, 5) is 35.4. The Hall–Kier alpha value is -3.72. The van der Waals surface area contributed by atoms with Crippen molar-refractivity contribution in [1.29, 1.82) is 0 Å². The van der Waals surface area contributed by atoms with Gasteiger partial charge in [0.1, 0.15) is 5.71 Å². The molecule has 1 aliphatic rings. The first-order valence-electron chi connectivity index (χ1n) is 9.55. The van der Waals surface area contributed by atoms with Crippen molar-refractivity contribution in [2.24, 2.45) is 10.7 Å². The number of hydrogen-bond donors (Lipinski definition) is 3. The second-order valence-corrected chi connectivity index (χ2v) is 7.87. The van der Waals surface area contributed by atoms with Crippen LogP contribution in [0.2, 0.25) is 0 Å². The highest BCUT2D eigenvalue weighted by Gasteiger charge is 2.15. The summed E-state index contributed by atoms with van der Waals surface area (Å²) in [5, 5.41) is 8.32. The fourth-order valence-electron chi connectivity index (χ4n) is 2.72. The second-order valence-electron chi connectivity index (χ2n) is 7.02. The lowest BCUT2D eigenvalue weighted by Crippen LogP contribution is -2.22. The number of rotatable bonds is 6. The van der Waals surface area contributed by atoms with Crippen molar-refractivity contribution in [1.82, 2.24) is 15.2 Å². The van der Waals surface area contributed by atoms with Crippen molar-refractivity contribution in [2.45, 2.75) is 6.92 Å². The molecule has 0 aliphatic carbocycles. The highest BCUT2D eigenvalue weighted by Crippen LogP contribution is 2.22. The number of amides is 2. The van der Waals surface area contributed by atoms with Gasteiger partial charge in [0.2, 0.25) is 0 Å². The van der Waals surface area contributed by atoms with Gasteiger partial charge in [0.25, 0.3) is 11.8 Å². The number of allylic oxidation sites excluding steroid dienone is 3. The van der Waals surface area contributed by atoms with Crippen molar-refractivity contribution in [2.75, 3.05) is 26.0 Å². The molecule has 1 aromatic carbocycles. The van der Waals surface area contributed by atoms with Crippen LogP contribution in [0, 0.1) is 0 Å². The number of nitrogens with zero attached hydrogens (tertiary/aromatic N) is 3. The maximum Gasteiger partial charge on any atom is 0.276 e. The summed E-state index contributed by atoms with van der Waals surface area (Å²) in [5.41, 5.74) is 8.94. The van der Waals surface area contributed by atoms with Gasteiger partial charge in [-0.25, -0.2) is 9.98 Å². The molecule has 1 aliphatic heterocycles. The lowest BCUT2D eigenvalue weighted by molar-refractivity contribution is -0.110. The molecule has 0 fully saturated rings. The molecule has 0 radical (unpaired) electrons. The molecule has 160 valence electrons. The SMILES string of the molecule is C/C(N)=C/C(=Nc1cccc(C(=O)N(C)C)c1)C(=O)Nc1nc(C2=CC=CCN2)cs1. The van der Waals surface area contributed by atoms with E-state index < -0.39 is 5.91 Å². The predicted octanol–water partition coefficient (Wildman–Crippen LogP) is 2.92. The van der Waals surface area contributed by atoms with Crippen LogP contribution < -0.4 is 16.4 Å². The fraction of sp³-hybridized carbons (Fsp3) is 0.182. The molecule has 0 spiro atoms. The summed E-state index contributed by atoms with van der Waals surface area (Å²) in [6, 6.07) is 6.77. The third-order valence-electron chi connectivity index (χ3n) is 4.16. The Bertz CT molecular complexity index is 1110. The Morgan fingerprint density at radius 3 is 2.84 bits per heavy atom. The molecular weight excluding hydrogens is 412 g/mol. The maximum absolute atomic E-state index is 12.9. The zero-order chi connectivity index (χ0) is 22.4. The first-order chi connectivity index (χ1) is 14.8. The Morgan fingerprint density at radius 1 is 1.35 bits per heavy atom. The van der Waals surface area contributed by atoms with Gasteiger partial charge < -0.3 is 16.0 Å². The Morgan fingerprint density at radius 2 is 2.16 bits per heavy atom. The van der Waals surface area contributed by atoms with E-state index in [-0.39, 0.29) is 11.6 Å². The number of benzene rings is 1. The van der Waals surface area contributed by atoms with Crippen LogP contribution in [0.5, 0.6) is 0 Å². The number of nitrogens with one attached hydrogen (secondary N) is 2. The molecule has 2 heterocycles. The van der Waals surface area contributed by atoms with Crippen LogP contribution in [0.15, 0.2) is 64.6 Å².